The van der Waals surface area contributed by atoms with Crippen LogP contribution in [0.25, 0.3) is 0 Å². The number of hydrogen-bond donors (Lipinski definition) is 1. The molecular formula is C16H35N3. The van der Waals surface area contributed by atoms with Crippen molar-refractivity contribution in [2.24, 2.45) is 11.7 Å². The molecule has 0 aromatic heterocycles. The van der Waals surface area contributed by atoms with E-state index in [-0.39, 0.29) is 5.54 Å². The molecule has 1 aliphatic rings. The number of likely N-dealkylation sites (N-methyl/N-ethyl adjacent to an activating group) is 1. The van der Waals surface area contributed by atoms with Gasteiger partial charge in [-0.25, -0.2) is 0 Å². The van der Waals surface area contributed by atoms with E-state index in [1.807, 2.05) is 0 Å². The maximum Gasteiger partial charge on any atom is 0.0334 e. The van der Waals surface area contributed by atoms with E-state index in [1.54, 1.807) is 0 Å². The minimum absolute atomic E-state index is 0.283. The van der Waals surface area contributed by atoms with Crippen molar-refractivity contribution in [2.45, 2.75) is 57.9 Å². The first-order valence-electron chi connectivity index (χ1n) is 8.17. The molecule has 2 atom stereocenters. The normalized spacial score (nSPS) is 28.3. The van der Waals surface area contributed by atoms with Crippen LogP contribution in [-0.4, -0.2) is 55.6 Å². The topological polar surface area (TPSA) is 32.5 Å². The van der Waals surface area contributed by atoms with Gasteiger partial charge in [0.15, 0.2) is 0 Å². The van der Waals surface area contributed by atoms with E-state index in [9.17, 15) is 0 Å². The molecule has 3 nitrogen and oxygen atoms in total. The Bertz CT molecular complexity index is 242. The first kappa shape index (κ1) is 16.9. The average Bonchev–Trinajstić information content (AvgIpc) is 2.43. The van der Waals surface area contributed by atoms with Crippen LogP contribution < -0.4 is 5.73 Å². The van der Waals surface area contributed by atoms with Crippen LogP contribution in [0.1, 0.15) is 52.4 Å². The third kappa shape index (κ3) is 4.73. The van der Waals surface area contributed by atoms with Gasteiger partial charge < -0.3 is 10.6 Å². The van der Waals surface area contributed by atoms with Crippen molar-refractivity contribution in [2.75, 3.05) is 40.3 Å². The Labute approximate surface area is 120 Å². The fraction of sp³-hybridized carbons (Fsp3) is 1.00. The van der Waals surface area contributed by atoms with Gasteiger partial charge in [-0.15, -0.1) is 0 Å². The van der Waals surface area contributed by atoms with Crippen LogP contribution >= 0.6 is 0 Å². The third-order valence-corrected chi connectivity index (χ3v) is 4.86. The summed E-state index contributed by atoms with van der Waals surface area (Å²) in [7, 11) is 4.32. The van der Waals surface area contributed by atoms with Crippen molar-refractivity contribution in [3.05, 3.63) is 0 Å². The highest BCUT2D eigenvalue weighted by molar-refractivity contribution is 4.96. The zero-order valence-electron chi connectivity index (χ0n) is 13.6. The summed E-state index contributed by atoms with van der Waals surface area (Å²) in [5, 5.41) is 0. The predicted octanol–water partition coefficient (Wildman–Crippen LogP) is 2.56. The lowest BCUT2D eigenvalue weighted by Crippen LogP contribution is -2.57. The van der Waals surface area contributed by atoms with Crippen molar-refractivity contribution < 1.29 is 0 Å². The van der Waals surface area contributed by atoms with Gasteiger partial charge in [0.05, 0.1) is 0 Å². The van der Waals surface area contributed by atoms with Crippen LogP contribution in [0.2, 0.25) is 0 Å². The highest BCUT2D eigenvalue weighted by Crippen LogP contribution is 2.37. The summed E-state index contributed by atoms with van der Waals surface area (Å²) in [6, 6.07) is 0. The second kappa shape index (κ2) is 8.23. The fourth-order valence-corrected chi connectivity index (χ4v) is 3.59. The number of nitrogens with two attached hydrogens (primary N) is 1. The van der Waals surface area contributed by atoms with E-state index in [0.717, 1.165) is 25.6 Å². The van der Waals surface area contributed by atoms with Crippen LogP contribution in [-0.2, 0) is 0 Å². The van der Waals surface area contributed by atoms with Crippen LogP contribution in [0, 0.1) is 5.92 Å². The molecule has 114 valence electrons. The Balaban J connectivity index is 2.74. The summed E-state index contributed by atoms with van der Waals surface area (Å²) in [5.74, 6) is 0.885. The molecular weight excluding hydrogens is 234 g/mol. The summed E-state index contributed by atoms with van der Waals surface area (Å²) in [6.07, 6.45) is 7.92. The molecule has 0 bridgehead atoms. The van der Waals surface area contributed by atoms with E-state index in [0.29, 0.717) is 0 Å². The molecule has 1 fully saturated rings. The Hall–Kier alpha value is -0.120. The minimum Gasteiger partial charge on any atom is -0.329 e. The molecule has 0 heterocycles. The minimum atomic E-state index is 0.283. The van der Waals surface area contributed by atoms with Gasteiger partial charge in [-0.05, 0) is 45.8 Å². The number of nitrogens with zero attached hydrogens (tertiary/aromatic N) is 2. The molecule has 1 saturated carbocycles. The zero-order valence-corrected chi connectivity index (χ0v) is 13.6. The monoisotopic (exact) mass is 269 g/mol. The molecule has 19 heavy (non-hydrogen) atoms. The smallest absolute Gasteiger partial charge is 0.0334 e. The largest absolute Gasteiger partial charge is 0.329 e. The number of rotatable bonds is 8. The van der Waals surface area contributed by atoms with Crippen LogP contribution in [0.4, 0.5) is 0 Å². The summed E-state index contributed by atoms with van der Waals surface area (Å²) < 4.78 is 0. The van der Waals surface area contributed by atoms with Gasteiger partial charge in [-0.3, -0.25) is 4.90 Å². The first-order valence-corrected chi connectivity index (χ1v) is 8.17. The van der Waals surface area contributed by atoms with Crippen LogP contribution in [0.5, 0.6) is 0 Å². The molecule has 1 rings (SSSR count). The Kier molecular flexibility index (Phi) is 7.33. The van der Waals surface area contributed by atoms with Gasteiger partial charge in [0.2, 0.25) is 0 Å². The second-order valence-corrected chi connectivity index (χ2v) is 6.59. The SMILES string of the molecule is CCCN(CCN(C)C)C1(CN)CCCC(CC)C1. The van der Waals surface area contributed by atoms with E-state index < -0.39 is 0 Å². The Morgan fingerprint density at radius 2 is 1.89 bits per heavy atom. The third-order valence-electron chi connectivity index (χ3n) is 4.86. The van der Waals surface area contributed by atoms with Gasteiger partial charge in [-0.1, -0.05) is 33.1 Å². The fourth-order valence-electron chi connectivity index (χ4n) is 3.59. The molecule has 3 heteroatoms. The Morgan fingerprint density at radius 3 is 2.42 bits per heavy atom. The van der Waals surface area contributed by atoms with Crippen LogP contribution in [0.15, 0.2) is 0 Å². The van der Waals surface area contributed by atoms with E-state index in [4.69, 9.17) is 5.73 Å². The van der Waals surface area contributed by atoms with Gasteiger partial charge in [0.25, 0.3) is 0 Å². The summed E-state index contributed by atoms with van der Waals surface area (Å²) in [4.78, 5) is 4.99. The van der Waals surface area contributed by atoms with E-state index in [2.05, 4.69) is 37.7 Å². The average molecular weight is 269 g/mol. The van der Waals surface area contributed by atoms with Gasteiger partial charge >= 0.3 is 0 Å². The van der Waals surface area contributed by atoms with Gasteiger partial charge in [0.1, 0.15) is 0 Å². The molecule has 1 aliphatic carbocycles. The van der Waals surface area contributed by atoms with Crippen molar-refractivity contribution in [3.8, 4) is 0 Å². The molecule has 2 unspecified atom stereocenters. The standard InChI is InChI=1S/C16H35N3/c1-5-10-19(12-11-18(3)4)16(14-17)9-7-8-15(6-2)13-16/h15H,5-14,17H2,1-4H3. The molecule has 0 saturated heterocycles. The highest BCUT2D eigenvalue weighted by Gasteiger charge is 2.39. The summed E-state index contributed by atoms with van der Waals surface area (Å²) in [5.41, 5.74) is 6.52. The Morgan fingerprint density at radius 1 is 1.16 bits per heavy atom. The molecule has 0 aliphatic heterocycles. The lowest BCUT2D eigenvalue weighted by atomic mass is 9.73. The maximum atomic E-state index is 6.24. The maximum absolute atomic E-state index is 6.24. The molecule has 0 spiro atoms. The van der Waals surface area contributed by atoms with Gasteiger partial charge in [0, 0.05) is 25.2 Å². The van der Waals surface area contributed by atoms with Crippen molar-refractivity contribution in [1.82, 2.24) is 9.80 Å². The summed E-state index contributed by atoms with van der Waals surface area (Å²) >= 11 is 0. The van der Waals surface area contributed by atoms with Crippen molar-refractivity contribution >= 4 is 0 Å². The molecule has 2 N–H and O–H groups in total. The molecule has 0 aromatic rings. The molecule has 0 aromatic carbocycles. The number of hydrogen-bond acceptors (Lipinski definition) is 3. The van der Waals surface area contributed by atoms with E-state index >= 15 is 0 Å². The van der Waals surface area contributed by atoms with Crippen molar-refractivity contribution in [3.63, 3.8) is 0 Å². The predicted molar refractivity (Wildman–Crippen MR) is 84.5 cm³/mol. The lowest BCUT2D eigenvalue weighted by Gasteiger charge is -2.48. The molecule has 0 amide bonds. The van der Waals surface area contributed by atoms with Crippen LogP contribution in [0.3, 0.4) is 0 Å². The second-order valence-electron chi connectivity index (χ2n) is 6.59. The highest BCUT2D eigenvalue weighted by atomic mass is 15.2. The quantitative estimate of drug-likeness (QED) is 0.735. The van der Waals surface area contributed by atoms with E-state index in [1.165, 1.54) is 45.1 Å². The summed E-state index contributed by atoms with van der Waals surface area (Å²) in [6.45, 7) is 8.94. The van der Waals surface area contributed by atoms with Gasteiger partial charge in [-0.2, -0.15) is 0 Å². The zero-order chi connectivity index (χ0) is 14.3. The molecule has 0 radical (unpaired) electrons. The van der Waals surface area contributed by atoms with Crippen molar-refractivity contribution in [1.29, 1.82) is 0 Å². The lowest BCUT2D eigenvalue weighted by molar-refractivity contribution is 0.0302. The first-order chi connectivity index (χ1) is 9.07.